The molecular formula is C22H24Cl2N4O7S2. The second kappa shape index (κ2) is 10.4. The summed E-state index contributed by atoms with van der Waals surface area (Å²) in [4.78, 5) is 15.7. The summed E-state index contributed by atoms with van der Waals surface area (Å²) < 4.78 is 59.8. The van der Waals surface area contributed by atoms with Crippen molar-refractivity contribution in [3.63, 3.8) is 0 Å². The Balaban J connectivity index is 2.02. The number of alkyl carbamates (subject to hydrolysis) is 1. The standard InChI is InChI=1S/C22H24Cl2N4O7S2/c1-21(2,3)35-20(29)27-12-22(30)13-28(37(33,34)17-6-4-14(9-25)8-16(17)24)11-18(22)36(31,32)19-7-5-15(23)10-26-19/h4-8,10,18,30H,11-13H2,1-3H3,(H,27,29)/t18-,22-/m0/s1. The highest BCUT2D eigenvalue weighted by molar-refractivity contribution is 7.92. The van der Waals surface area contributed by atoms with Crippen molar-refractivity contribution in [3.05, 3.63) is 52.1 Å². The Morgan fingerprint density at radius 3 is 2.49 bits per heavy atom. The Morgan fingerprint density at radius 1 is 1.27 bits per heavy atom. The molecule has 1 aromatic heterocycles. The van der Waals surface area contributed by atoms with Crippen molar-refractivity contribution in [2.75, 3.05) is 19.6 Å². The summed E-state index contributed by atoms with van der Waals surface area (Å²) >= 11 is 11.9. The number of sulfonamides is 1. The van der Waals surface area contributed by atoms with Crippen molar-refractivity contribution in [1.82, 2.24) is 14.6 Å². The van der Waals surface area contributed by atoms with Gasteiger partial charge < -0.3 is 15.2 Å². The molecule has 2 heterocycles. The minimum Gasteiger partial charge on any atom is -0.444 e. The largest absolute Gasteiger partial charge is 0.444 e. The smallest absolute Gasteiger partial charge is 0.407 e. The lowest BCUT2D eigenvalue weighted by Crippen LogP contribution is -2.54. The summed E-state index contributed by atoms with van der Waals surface area (Å²) in [5, 5.41) is 20.6. The molecule has 1 aliphatic heterocycles. The third-order valence-electron chi connectivity index (χ3n) is 5.40. The summed E-state index contributed by atoms with van der Waals surface area (Å²) in [7, 11) is -8.87. The van der Waals surface area contributed by atoms with E-state index in [0.717, 1.165) is 28.7 Å². The summed E-state index contributed by atoms with van der Waals surface area (Å²) in [6.07, 6.45) is 0.171. The number of β-amino-alcohol motifs (C(OH)–C–C–N with tert-alkyl or cyclic N) is 1. The quantitative estimate of drug-likeness (QED) is 0.513. The van der Waals surface area contributed by atoms with Gasteiger partial charge in [-0.2, -0.15) is 9.57 Å². The second-order valence-electron chi connectivity index (χ2n) is 9.36. The number of hydrogen-bond acceptors (Lipinski definition) is 9. The number of aliphatic hydroxyl groups is 1. The lowest BCUT2D eigenvalue weighted by atomic mass is 10.0. The molecule has 0 radical (unpaired) electrons. The molecule has 0 spiro atoms. The van der Waals surface area contributed by atoms with E-state index in [1.165, 1.54) is 12.1 Å². The number of sulfone groups is 1. The molecule has 0 aliphatic carbocycles. The molecular weight excluding hydrogens is 567 g/mol. The van der Waals surface area contributed by atoms with Crippen LogP contribution in [0.5, 0.6) is 0 Å². The van der Waals surface area contributed by atoms with Crippen LogP contribution in [0, 0.1) is 11.3 Å². The van der Waals surface area contributed by atoms with E-state index in [2.05, 4.69) is 10.3 Å². The van der Waals surface area contributed by atoms with E-state index in [9.17, 15) is 26.7 Å². The monoisotopic (exact) mass is 590 g/mol. The predicted octanol–water partition coefficient (Wildman–Crippen LogP) is 2.36. The van der Waals surface area contributed by atoms with Crippen LogP contribution in [0.2, 0.25) is 10.0 Å². The minimum atomic E-state index is -4.44. The fraction of sp³-hybridized carbons (Fsp3) is 0.409. The summed E-state index contributed by atoms with van der Waals surface area (Å²) in [6.45, 7) is 2.84. The molecule has 2 atom stereocenters. The van der Waals surface area contributed by atoms with Gasteiger partial charge in [0.1, 0.15) is 21.3 Å². The zero-order valence-corrected chi connectivity index (χ0v) is 23.1. The number of ether oxygens (including phenoxy) is 1. The van der Waals surface area contributed by atoms with Gasteiger partial charge in [0.25, 0.3) is 0 Å². The van der Waals surface area contributed by atoms with E-state index in [-0.39, 0.29) is 20.5 Å². The maximum absolute atomic E-state index is 13.5. The molecule has 2 aromatic rings. The average molecular weight is 591 g/mol. The van der Waals surface area contributed by atoms with Crippen LogP contribution in [0.4, 0.5) is 4.79 Å². The van der Waals surface area contributed by atoms with Crippen LogP contribution >= 0.6 is 23.2 Å². The van der Waals surface area contributed by atoms with Gasteiger partial charge in [-0.1, -0.05) is 23.2 Å². The van der Waals surface area contributed by atoms with E-state index < -0.39 is 67.1 Å². The van der Waals surface area contributed by atoms with Crippen LogP contribution in [0.15, 0.2) is 46.5 Å². The molecule has 11 nitrogen and oxygen atoms in total. The van der Waals surface area contributed by atoms with Gasteiger partial charge >= 0.3 is 6.09 Å². The number of halogens is 2. The van der Waals surface area contributed by atoms with E-state index in [0.29, 0.717) is 0 Å². The highest BCUT2D eigenvalue weighted by Gasteiger charge is 2.56. The lowest BCUT2D eigenvalue weighted by molar-refractivity contribution is 0.0328. The maximum atomic E-state index is 13.5. The molecule has 0 unspecified atom stereocenters. The third kappa shape index (κ3) is 6.34. The first-order valence-corrected chi connectivity index (χ1v) is 14.5. The number of nitriles is 1. The summed E-state index contributed by atoms with van der Waals surface area (Å²) in [5.41, 5.74) is -3.02. The van der Waals surface area contributed by atoms with Crippen LogP contribution in [0.3, 0.4) is 0 Å². The molecule has 1 amide bonds. The normalized spacial score (nSPS) is 20.8. The SMILES string of the molecule is CC(C)(C)OC(=O)NC[C@]1(O)CN(S(=O)(=O)c2ccc(C#N)cc2Cl)C[C@@H]1S(=O)(=O)c1ccc(Cl)cn1. The predicted molar refractivity (Wildman–Crippen MR) is 134 cm³/mol. The molecule has 1 saturated heterocycles. The Hall–Kier alpha value is -2.47. The Bertz CT molecular complexity index is 1450. The van der Waals surface area contributed by atoms with Crippen molar-refractivity contribution in [2.45, 2.75) is 47.1 Å². The number of carbonyl (C=O) groups is 1. The molecule has 0 saturated carbocycles. The van der Waals surface area contributed by atoms with Crippen molar-refractivity contribution >= 4 is 49.2 Å². The van der Waals surface area contributed by atoms with Gasteiger partial charge in [-0.3, -0.25) is 0 Å². The zero-order chi connectivity index (χ0) is 27.8. The van der Waals surface area contributed by atoms with Gasteiger partial charge in [0.05, 0.1) is 28.2 Å². The number of carbonyl (C=O) groups excluding carboxylic acids is 1. The summed E-state index contributed by atoms with van der Waals surface area (Å²) in [5.74, 6) is 0. The van der Waals surface area contributed by atoms with Gasteiger partial charge in [0, 0.05) is 19.3 Å². The first-order valence-electron chi connectivity index (χ1n) is 10.7. The number of rotatable bonds is 6. The van der Waals surface area contributed by atoms with Gasteiger partial charge in [0.2, 0.25) is 19.9 Å². The highest BCUT2D eigenvalue weighted by atomic mass is 35.5. The van der Waals surface area contributed by atoms with Gasteiger partial charge in [-0.25, -0.2) is 26.6 Å². The second-order valence-corrected chi connectivity index (χ2v) is 14.2. The molecule has 0 bridgehead atoms. The number of hydrogen-bond donors (Lipinski definition) is 2. The van der Waals surface area contributed by atoms with Crippen LogP contribution in [0.25, 0.3) is 0 Å². The fourth-order valence-electron chi connectivity index (χ4n) is 3.70. The molecule has 1 aromatic carbocycles. The number of amides is 1. The molecule has 1 aliphatic rings. The number of nitrogens with one attached hydrogen (secondary N) is 1. The highest BCUT2D eigenvalue weighted by Crippen LogP contribution is 2.36. The number of aromatic nitrogens is 1. The van der Waals surface area contributed by atoms with Crippen LogP contribution in [-0.2, 0) is 24.6 Å². The van der Waals surface area contributed by atoms with E-state index in [1.54, 1.807) is 20.8 Å². The first-order chi connectivity index (χ1) is 17.0. The van der Waals surface area contributed by atoms with Crippen molar-refractivity contribution < 1.29 is 31.5 Å². The van der Waals surface area contributed by atoms with Gasteiger partial charge in [-0.15, -0.1) is 0 Å². The van der Waals surface area contributed by atoms with E-state index in [4.69, 9.17) is 33.2 Å². The average Bonchev–Trinajstić information content (AvgIpc) is 3.16. The minimum absolute atomic E-state index is 0.123. The van der Waals surface area contributed by atoms with E-state index >= 15 is 0 Å². The Kier molecular flexibility index (Phi) is 8.14. The Morgan fingerprint density at radius 2 is 1.95 bits per heavy atom. The molecule has 200 valence electrons. The zero-order valence-electron chi connectivity index (χ0n) is 20.0. The molecule has 15 heteroatoms. The molecule has 2 N–H and O–H groups in total. The number of pyridine rings is 1. The fourth-order valence-corrected chi connectivity index (χ4v) is 7.80. The van der Waals surface area contributed by atoms with Crippen LogP contribution < -0.4 is 5.32 Å². The number of benzene rings is 1. The van der Waals surface area contributed by atoms with Crippen LogP contribution in [-0.4, -0.2) is 73.4 Å². The topological polar surface area (TPSA) is 167 Å². The van der Waals surface area contributed by atoms with Crippen molar-refractivity contribution in [1.29, 1.82) is 5.26 Å². The van der Waals surface area contributed by atoms with Gasteiger partial charge in [-0.05, 0) is 51.1 Å². The van der Waals surface area contributed by atoms with E-state index in [1.807, 2.05) is 6.07 Å². The maximum Gasteiger partial charge on any atom is 0.407 e. The lowest BCUT2D eigenvalue weighted by Gasteiger charge is -2.29. The molecule has 37 heavy (non-hydrogen) atoms. The first kappa shape index (κ1) is 29.1. The third-order valence-corrected chi connectivity index (χ3v) is 10.1. The number of nitrogens with zero attached hydrogens (tertiary/aromatic N) is 3. The van der Waals surface area contributed by atoms with Gasteiger partial charge in [0.15, 0.2) is 5.03 Å². The Labute approximate surface area is 224 Å². The van der Waals surface area contributed by atoms with Crippen molar-refractivity contribution in [2.24, 2.45) is 0 Å². The van der Waals surface area contributed by atoms with Crippen LogP contribution in [0.1, 0.15) is 26.3 Å². The summed E-state index contributed by atoms with van der Waals surface area (Å²) in [6, 6.07) is 7.79. The van der Waals surface area contributed by atoms with Crippen molar-refractivity contribution in [3.8, 4) is 6.07 Å². The molecule has 1 fully saturated rings. The molecule has 3 rings (SSSR count).